The lowest BCUT2D eigenvalue weighted by atomic mass is 10.0. The molecule has 1 atom stereocenters. The molecule has 3 aromatic rings. The predicted octanol–water partition coefficient (Wildman–Crippen LogP) is 3.10. The molecule has 0 radical (unpaired) electrons. The van der Waals surface area contributed by atoms with Crippen LogP contribution in [0.25, 0.3) is 11.5 Å². The third-order valence-electron chi connectivity index (χ3n) is 4.79. The van der Waals surface area contributed by atoms with Gasteiger partial charge in [0.05, 0.1) is 5.69 Å². The topological polar surface area (TPSA) is 61.9 Å². The minimum absolute atomic E-state index is 0.0615. The third kappa shape index (κ3) is 3.78. The first kappa shape index (κ1) is 17.5. The van der Waals surface area contributed by atoms with Crippen molar-refractivity contribution in [3.63, 3.8) is 0 Å². The van der Waals surface area contributed by atoms with Gasteiger partial charge in [-0.25, -0.2) is 13.8 Å². The number of aromatic nitrogens is 3. The maximum atomic E-state index is 13.9. The number of likely N-dealkylation sites (tertiary alicyclic amines) is 1. The van der Waals surface area contributed by atoms with Crippen molar-refractivity contribution in [3.8, 4) is 11.5 Å². The highest BCUT2D eigenvalue weighted by atomic mass is 19.2. The molecule has 1 N–H and O–H groups in total. The Hall–Kier alpha value is -2.93. The smallest absolute Gasteiger partial charge is 0.251 e. The first-order valence-corrected chi connectivity index (χ1v) is 8.78. The second-order valence-electron chi connectivity index (χ2n) is 6.67. The van der Waals surface area contributed by atoms with Gasteiger partial charge in [-0.3, -0.25) is 14.7 Å². The molecule has 27 heavy (non-hydrogen) atoms. The van der Waals surface area contributed by atoms with Crippen LogP contribution in [0.3, 0.4) is 0 Å². The van der Waals surface area contributed by atoms with Gasteiger partial charge in [-0.15, -0.1) is 0 Å². The van der Waals surface area contributed by atoms with E-state index < -0.39 is 11.6 Å². The van der Waals surface area contributed by atoms with Crippen LogP contribution in [-0.4, -0.2) is 32.9 Å². The molecule has 138 valence electrons. The van der Waals surface area contributed by atoms with Crippen molar-refractivity contribution < 1.29 is 8.78 Å². The molecule has 2 aromatic heterocycles. The summed E-state index contributed by atoms with van der Waals surface area (Å²) in [6.45, 7) is 1.69. The Morgan fingerprint density at radius 3 is 2.89 bits per heavy atom. The van der Waals surface area contributed by atoms with Gasteiger partial charge in [0.1, 0.15) is 5.69 Å². The Balaban J connectivity index is 1.53. The summed E-state index contributed by atoms with van der Waals surface area (Å²) in [4.78, 5) is 25.6. The zero-order chi connectivity index (χ0) is 18.8. The highest BCUT2D eigenvalue weighted by molar-refractivity contribution is 5.48. The van der Waals surface area contributed by atoms with E-state index in [0.29, 0.717) is 35.9 Å². The lowest BCUT2D eigenvalue weighted by Crippen LogP contribution is -2.21. The monoisotopic (exact) mass is 368 g/mol. The van der Waals surface area contributed by atoms with Gasteiger partial charge in [0.15, 0.2) is 17.5 Å². The van der Waals surface area contributed by atoms with E-state index in [1.807, 2.05) is 11.0 Å². The molecule has 0 aliphatic carbocycles. The summed E-state index contributed by atoms with van der Waals surface area (Å²) in [6.07, 6.45) is 2.45. The second kappa shape index (κ2) is 7.36. The van der Waals surface area contributed by atoms with E-state index in [4.69, 9.17) is 0 Å². The van der Waals surface area contributed by atoms with Crippen molar-refractivity contribution in [2.24, 2.45) is 0 Å². The highest BCUT2D eigenvalue weighted by Gasteiger charge is 2.26. The average molecular weight is 368 g/mol. The molecule has 1 aromatic carbocycles. The molecule has 7 heteroatoms. The summed E-state index contributed by atoms with van der Waals surface area (Å²) >= 11 is 0. The van der Waals surface area contributed by atoms with Crippen molar-refractivity contribution in [2.75, 3.05) is 13.1 Å². The molecule has 1 aliphatic rings. The Bertz CT molecular complexity index is 1010. The summed E-state index contributed by atoms with van der Waals surface area (Å²) in [6, 6.07) is 11.1. The summed E-state index contributed by atoms with van der Waals surface area (Å²) in [5.41, 5.74) is 1.41. The summed E-state index contributed by atoms with van der Waals surface area (Å²) in [7, 11) is 0. The largest absolute Gasteiger partial charge is 0.305 e. The Morgan fingerprint density at radius 1 is 1.19 bits per heavy atom. The van der Waals surface area contributed by atoms with E-state index in [1.165, 1.54) is 12.1 Å². The van der Waals surface area contributed by atoms with E-state index in [-0.39, 0.29) is 11.5 Å². The molecule has 0 spiro atoms. The molecule has 0 bridgehead atoms. The van der Waals surface area contributed by atoms with Crippen molar-refractivity contribution in [3.05, 3.63) is 81.9 Å². The summed E-state index contributed by atoms with van der Waals surface area (Å²) < 4.78 is 27.3. The lowest BCUT2D eigenvalue weighted by Gasteiger charge is -2.16. The van der Waals surface area contributed by atoms with Crippen molar-refractivity contribution in [1.29, 1.82) is 0 Å². The zero-order valence-corrected chi connectivity index (χ0v) is 14.5. The molecular formula is C20H18F2N4O. The van der Waals surface area contributed by atoms with Crippen molar-refractivity contribution in [1.82, 2.24) is 19.9 Å². The molecule has 5 nitrogen and oxygen atoms in total. The van der Waals surface area contributed by atoms with Crippen LogP contribution in [0.1, 0.15) is 23.6 Å². The van der Waals surface area contributed by atoms with E-state index in [2.05, 4.69) is 15.0 Å². The molecule has 3 heterocycles. The van der Waals surface area contributed by atoms with Gasteiger partial charge in [-0.2, -0.15) is 0 Å². The molecule has 0 amide bonds. The van der Waals surface area contributed by atoms with Gasteiger partial charge in [-0.1, -0.05) is 18.2 Å². The number of benzene rings is 1. The Kier molecular flexibility index (Phi) is 4.77. The van der Waals surface area contributed by atoms with Crippen LogP contribution < -0.4 is 5.56 Å². The van der Waals surface area contributed by atoms with Crippen LogP contribution >= 0.6 is 0 Å². The Morgan fingerprint density at radius 2 is 2.07 bits per heavy atom. The number of aromatic amines is 1. The maximum absolute atomic E-state index is 13.9. The van der Waals surface area contributed by atoms with Gasteiger partial charge in [-0.05, 0) is 31.2 Å². The summed E-state index contributed by atoms with van der Waals surface area (Å²) in [5.74, 6) is -1.13. The average Bonchev–Trinajstić information content (AvgIpc) is 3.14. The number of hydrogen-bond donors (Lipinski definition) is 1. The van der Waals surface area contributed by atoms with Gasteiger partial charge < -0.3 is 4.98 Å². The van der Waals surface area contributed by atoms with E-state index >= 15 is 0 Å². The second-order valence-corrected chi connectivity index (χ2v) is 6.67. The fraction of sp³-hybridized carbons (Fsp3) is 0.250. The SMILES string of the molecule is O=c1cc(C2CCN(Cc3cccc(F)c3F)C2)nc(-c2ccccn2)[nH]1. The number of pyridine rings is 1. The van der Waals surface area contributed by atoms with Gasteiger partial charge in [0.25, 0.3) is 5.56 Å². The van der Waals surface area contributed by atoms with Gasteiger partial charge in [0, 0.05) is 36.8 Å². The number of nitrogens with zero attached hydrogens (tertiary/aromatic N) is 3. The molecule has 1 fully saturated rings. The van der Waals surface area contributed by atoms with Crippen LogP contribution in [0.5, 0.6) is 0 Å². The number of halogens is 2. The molecular weight excluding hydrogens is 350 g/mol. The first-order valence-electron chi connectivity index (χ1n) is 8.78. The fourth-order valence-electron chi connectivity index (χ4n) is 3.44. The normalized spacial score (nSPS) is 17.3. The van der Waals surface area contributed by atoms with E-state index in [0.717, 1.165) is 19.0 Å². The first-order chi connectivity index (χ1) is 13.1. The predicted molar refractivity (Wildman–Crippen MR) is 97.1 cm³/mol. The molecule has 1 aliphatic heterocycles. The molecule has 1 saturated heterocycles. The number of rotatable bonds is 4. The molecule has 1 unspecified atom stereocenters. The minimum Gasteiger partial charge on any atom is -0.305 e. The number of H-pyrrole nitrogens is 1. The van der Waals surface area contributed by atoms with Gasteiger partial charge >= 0.3 is 0 Å². The van der Waals surface area contributed by atoms with Gasteiger partial charge in [0.2, 0.25) is 0 Å². The standard InChI is InChI=1S/C20H18F2N4O/c21-15-5-3-4-14(19(15)22)12-26-9-7-13(11-26)17-10-18(27)25-20(24-17)16-6-1-2-8-23-16/h1-6,8,10,13H,7,9,11-12H2,(H,24,25,27). The summed E-state index contributed by atoms with van der Waals surface area (Å²) in [5, 5.41) is 0. The maximum Gasteiger partial charge on any atom is 0.251 e. The van der Waals surface area contributed by atoms with Crippen molar-refractivity contribution in [2.45, 2.75) is 18.9 Å². The van der Waals surface area contributed by atoms with E-state index in [1.54, 1.807) is 24.4 Å². The zero-order valence-electron chi connectivity index (χ0n) is 14.5. The Labute approximate surface area is 154 Å². The third-order valence-corrected chi connectivity index (χ3v) is 4.79. The van der Waals surface area contributed by atoms with Crippen LogP contribution in [0.4, 0.5) is 8.78 Å². The van der Waals surface area contributed by atoms with Crippen LogP contribution in [0.2, 0.25) is 0 Å². The molecule has 4 rings (SSSR count). The fourth-order valence-corrected chi connectivity index (χ4v) is 3.44. The minimum atomic E-state index is -0.834. The number of nitrogens with one attached hydrogen (secondary N) is 1. The number of hydrogen-bond acceptors (Lipinski definition) is 4. The quantitative estimate of drug-likeness (QED) is 0.769. The lowest BCUT2D eigenvalue weighted by molar-refractivity contribution is 0.318. The van der Waals surface area contributed by atoms with Crippen LogP contribution in [0, 0.1) is 11.6 Å². The highest BCUT2D eigenvalue weighted by Crippen LogP contribution is 2.27. The van der Waals surface area contributed by atoms with Crippen LogP contribution in [0.15, 0.2) is 53.5 Å². The van der Waals surface area contributed by atoms with E-state index in [9.17, 15) is 13.6 Å². The van der Waals surface area contributed by atoms with Crippen molar-refractivity contribution >= 4 is 0 Å². The van der Waals surface area contributed by atoms with Crippen LogP contribution in [-0.2, 0) is 6.54 Å². The molecule has 0 saturated carbocycles.